The molecule has 4 heteroatoms. The molecule has 0 aliphatic carbocycles. The zero-order chi connectivity index (χ0) is 16.7. The predicted molar refractivity (Wildman–Crippen MR) is 94.1 cm³/mol. The first kappa shape index (κ1) is 16.9. The first-order chi connectivity index (χ1) is 11.1. The van der Waals surface area contributed by atoms with Gasteiger partial charge in [0.1, 0.15) is 5.75 Å². The van der Waals surface area contributed by atoms with Crippen LogP contribution in [0.15, 0.2) is 42.5 Å². The van der Waals surface area contributed by atoms with Crippen LogP contribution in [0.1, 0.15) is 16.7 Å². The number of carbonyl (C=O) groups excluding carboxylic acids is 1. The second-order valence-corrected chi connectivity index (χ2v) is 5.56. The predicted octanol–water partition coefficient (Wildman–Crippen LogP) is 3.08. The third kappa shape index (κ3) is 5.02. The van der Waals surface area contributed by atoms with Crippen LogP contribution in [0.25, 0.3) is 0 Å². The second-order valence-electron chi connectivity index (χ2n) is 5.56. The summed E-state index contributed by atoms with van der Waals surface area (Å²) in [5, 5.41) is 6.07. The molecule has 0 aliphatic heterocycles. The Hall–Kier alpha value is -2.49. The van der Waals surface area contributed by atoms with E-state index in [9.17, 15) is 4.79 Å². The van der Waals surface area contributed by atoms with Crippen molar-refractivity contribution >= 4 is 11.6 Å². The Balaban J connectivity index is 1.76. The van der Waals surface area contributed by atoms with E-state index in [0.29, 0.717) is 6.54 Å². The standard InChI is InChI=1S/C19H24N2O2/c1-14-8-9-17(12-15(14)2)21-13-19(22)20-11-10-16-6-4-5-7-18(16)23-3/h4-9,12,21H,10-11,13H2,1-3H3,(H,20,22). The van der Waals surface area contributed by atoms with Gasteiger partial charge in [0.15, 0.2) is 0 Å². The normalized spacial score (nSPS) is 10.2. The minimum Gasteiger partial charge on any atom is -0.496 e. The van der Waals surface area contributed by atoms with Gasteiger partial charge < -0.3 is 15.4 Å². The van der Waals surface area contributed by atoms with Crippen molar-refractivity contribution in [3.8, 4) is 5.75 Å². The number of aryl methyl sites for hydroxylation is 2. The van der Waals surface area contributed by atoms with Gasteiger partial charge >= 0.3 is 0 Å². The van der Waals surface area contributed by atoms with E-state index in [1.165, 1.54) is 11.1 Å². The summed E-state index contributed by atoms with van der Waals surface area (Å²) in [6, 6.07) is 13.9. The van der Waals surface area contributed by atoms with Gasteiger partial charge in [-0.05, 0) is 55.2 Å². The lowest BCUT2D eigenvalue weighted by Gasteiger charge is -2.11. The van der Waals surface area contributed by atoms with E-state index in [4.69, 9.17) is 4.74 Å². The molecular formula is C19H24N2O2. The molecule has 122 valence electrons. The van der Waals surface area contributed by atoms with Gasteiger partial charge in [0.05, 0.1) is 13.7 Å². The smallest absolute Gasteiger partial charge is 0.239 e. The summed E-state index contributed by atoms with van der Waals surface area (Å²) < 4.78 is 5.30. The third-order valence-electron chi connectivity index (χ3n) is 3.87. The molecule has 0 saturated carbocycles. The lowest BCUT2D eigenvalue weighted by molar-refractivity contribution is -0.119. The zero-order valence-electron chi connectivity index (χ0n) is 14.0. The van der Waals surface area contributed by atoms with Crippen LogP contribution in [0.2, 0.25) is 0 Å². The number of anilines is 1. The van der Waals surface area contributed by atoms with Crippen molar-refractivity contribution in [3.05, 3.63) is 59.2 Å². The molecule has 0 unspecified atom stereocenters. The number of hydrogen-bond acceptors (Lipinski definition) is 3. The highest BCUT2D eigenvalue weighted by Gasteiger charge is 2.04. The summed E-state index contributed by atoms with van der Waals surface area (Å²) in [5.41, 5.74) is 4.52. The summed E-state index contributed by atoms with van der Waals surface area (Å²) in [6.07, 6.45) is 0.749. The van der Waals surface area contributed by atoms with Crippen LogP contribution >= 0.6 is 0 Å². The van der Waals surface area contributed by atoms with Crippen molar-refractivity contribution in [2.75, 3.05) is 25.5 Å². The molecule has 0 spiro atoms. The Morgan fingerprint density at radius 1 is 1.09 bits per heavy atom. The fourth-order valence-electron chi connectivity index (χ4n) is 2.34. The highest BCUT2D eigenvalue weighted by molar-refractivity contribution is 5.80. The van der Waals surface area contributed by atoms with Crippen molar-refractivity contribution in [2.45, 2.75) is 20.3 Å². The molecule has 0 atom stereocenters. The minimum absolute atomic E-state index is 0.0156. The first-order valence-corrected chi connectivity index (χ1v) is 7.80. The van der Waals surface area contributed by atoms with Crippen LogP contribution in [0.4, 0.5) is 5.69 Å². The summed E-state index contributed by atoms with van der Waals surface area (Å²) >= 11 is 0. The summed E-state index contributed by atoms with van der Waals surface area (Å²) in [7, 11) is 1.66. The van der Waals surface area contributed by atoms with Gasteiger partial charge in [-0.25, -0.2) is 0 Å². The summed E-state index contributed by atoms with van der Waals surface area (Å²) in [6.45, 7) is 5.00. The number of methoxy groups -OCH3 is 1. The number of rotatable bonds is 7. The lowest BCUT2D eigenvalue weighted by Crippen LogP contribution is -2.31. The fourth-order valence-corrected chi connectivity index (χ4v) is 2.34. The van der Waals surface area contributed by atoms with Crippen LogP contribution in [0.5, 0.6) is 5.75 Å². The van der Waals surface area contributed by atoms with E-state index in [-0.39, 0.29) is 12.5 Å². The van der Waals surface area contributed by atoms with Crippen LogP contribution in [0.3, 0.4) is 0 Å². The van der Waals surface area contributed by atoms with Crippen molar-refractivity contribution in [1.82, 2.24) is 5.32 Å². The maximum Gasteiger partial charge on any atom is 0.239 e. The van der Waals surface area contributed by atoms with Gasteiger partial charge in [0.25, 0.3) is 0 Å². The van der Waals surface area contributed by atoms with Crippen molar-refractivity contribution < 1.29 is 9.53 Å². The van der Waals surface area contributed by atoms with E-state index in [2.05, 4.69) is 36.6 Å². The molecule has 2 aromatic carbocycles. The Morgan fingerprint density at radius 2 is 1.87 bits per heavy atom. The molecule has 0 aliphatic rings. The number of carbonyl (C=O) groups is 1. The third-order valence-corrected chi connectivity index (χ3v) is 3.87. The largest absolute Gasteiger partial charge is 0.496 e. The van der Waals surface area contributed by atoms with Gasteiger partial charge in [-0.15, -0.1) is 0 Å². The number of benzene rings is 2. The number of nitrogens with one attached hydrogen (secondary N) is 2. The Labute approximate surface area is 137 Å². The van der Waals surface area contributed by atoms with E-state index >= 15 is 0 Å². The second kappa shape index (κ2) is 8.22. The van der Waals surface area contributed by atoms with E-state index < -0.39 is 0 Å². The van der Waals surface area contributed by atoms with Crippen molar-refractivity contribution in [1.29, 1.82) is 0 Å². The fraction of sp³-hybridized carbons (Fsp3) is 0.316. The summed E-state index contributed by atoms with van der Waals surface area (Å²) in [4.78, 5) is 11.9. The molecule has 0 bridgehead atoms. The van der Waals surface area contributed by atoms with E-state index in [0.717, 1.165) is 23.4 Å². The Kier molecular flexibility index (Phi) is 6.03. The SMILES string of the molecule is COc1ccccc1CCNC(=O)CNc1ccc(C)c(C)c1. The molecule has 2 aromatic rings. The molecule has 4 nitrogen and oxygen atoms in total. The van der Waals surface area contributed by atoms with Crippen LogP contribution in [-0.4, -0.2) is 26.1 Å². The number of amides is 1. The van der Waals surface area contributed by atoms with Gasteiger partial charge in [-0.3, -0.25) is 4.79 Å². The van der Waals surface area contributed by atoms with Crippen LogP contribution in [0, 0.1) is 13.8 Å². The minimum atomic E-state index is -0.0156. The van der Waals surface area contributed by atoms with Crippen molar-refractivity contribution in [2.24, 2.45) is 0 Å². The first-order valence-electron chi connectivity index (χ1n) is 7.80. The average molecular weight is 312 g/mol. The zero-order valence-corrected chi connectivity index (χ0v) is 14.0. The van der Waals surface area contributed by atoms with Crippen molar-refractivity contribution in [3.63, 3.8) is 0 Å². The number of ether oxygens (including phenoxy) is 1. The molecule has 2 N–H and O–H groups in total. The number of hydrogen-bond donors (Lipinski definition) is 2. The van der Waals surface area contributed by atoms with E-state index in [1.54, 1.807) is 7.11 Å². The molecule has 1 amide bonds. The Bertz CT molecular complexity index is 668. The topological polar surface area (TPSA) is 50.4 Å². The molecule has 0 fully saturated rings. The molecule has 0 radical (unpaired) electrons. The monoisotopic (exact) mass is 312 g/mol. The van der Waals surface area contributed by atoms with E-state index in [1.807, 2.05) is 30.3 Å². The maximum atomic E-state index is 11.9. The molecular weight excluding hydrogens is 288 g/mol. The lowest BCUT2D eigenvalue weighted by atomic mass is 10.1. The van der Waals surface area contributed by atoms with Gasteiger partial charge in [-0.1, -0.05) is 24.3 Å². The van der Waals surface area contributed by atoms with Crippen LogP contribution in [-0.2, 0) is 11.2 Å². The number of para-hydroxylation sites is 1. The Morgan fingerprint density at radius 3 is 2.61 bits per heavy atom. The van der Waals surface area contributed by atoms with Gasteiger partial charge in [-0.2, -0.15) is 0 Å². The average Bonchev–Trinajstić information content (AvgIpc) is 2.56. The quantitative estimate of drug-likeness (QED) is 0.826. The highest BCUT2D eigenvalue weighted by atomic mass is 16.5. The maximum absolute atomic E-state index is 11.9. The van der Waals surface area contributed by atoms with Gasteiger partial charge in [0.2, 0.25) is 5.91 Å². The van der Waals surface area contributed by atoms with Gasteiger partial charge in [0, 0.05) is 12.2 Å². The molecule has 0 heterocycles. The molecule has 2 rings (SSSR count). The summed E-state index contributed by atoms with van der Waals surface area (Å²) in [5.74, 6) is 0.841. The molecule has 23 heavy (non-hydrogen) atoms. The van der Waals surface area contributed by atoms with Crippen LogP contribution < -0.4 is 15.4 Å². The molecule has 0 saturated heterocycles. The highest BCUT2D eigenvalue weighted by Crippen LogP contribution is 2.17. The molecule has 0 aromatic heterocycles.